The van der Waals surface area contributed by atoms with Gasteiger partial charge in [-0.05, 0) is 43.6 Å². The summed E-state index contributed by atoms with van der Waals surface area (Å²) in [4.78, 5) is 3.63. The summed E-state index contributed by atoms with van der Waals surface area (Å²) < 4.78 is 7.85. The molecule has 4 heteroatoms. The molecule has 3 heterocycles. The third-order valence-corrected chi connectivity index (χ3v) is 6.55. The van der Waals surface area contributed by atoms with E-state index in [2.05, 4.69) is 54.7 Å². The largest absolute Gasteiger partial charge is 0.368 e. The summed E-state index contributed by atoms with van der Waals surface area (Å²) in [6, 6.07) is 11.1. The van der Waals surface area contributed by atoms with Gasteiger partial charge in [0.1, 0.15) is 0 Å². The van der Waals surface area contributed by atoms with Crippen molar-refractivity contribution in [3.05, 3.63) is 46.8 Å². The topological polar surface area (TPSA) is 12.5 Å². The van der Waals surface area contributed by atoms with Crippen LogP contribution in [0.2, 0.25) is 0 Å². The van der Waals surface area contributed by atoms with Gasteiger partial charge in [0, 0.05) is 22.9 Å². The molecule has 0 bridgehead atoms. The van der Waals surface area contributed by atoms with Gasteiger partial charge in [-0.15, -0.1) is 11.3 Å². The molecule has 2 nitrogen and oxygen atoms in total. The zero-order chi connectivity index (χ0) is 14.4. The number of hydrogen-bond donors (Lipinski definition) is 0. The van der Waals surface area contributed by atoms with Crippen molar-refractivity contribution in [3.63, 3.8) is 0 Å². The molecular weight excluding hydrogens is 298 g/mol. The fourth-order valence-electron chi connectivity index (χ4n) is 3.45. The Morgan fingerprint density at radius 2 is 2.05 bits per heavy atom. The summed E-state index contributed by atoms with van der Waals surface area (Å²) in [5.74, 6) is 0.495. The lowest BCUT2D eigenvalue weighted by Gasteiger charge is -2.18. The van der Waals surface area contributed by atoms with Crippen molar-refractivity contribution in [1.29, 1.82) is 0 Å². The molecule has 2 aromatic rings. The van der Waals surface area contributed by atoms with Crippen molar-refractivity contribution >= 4 is 23.1 Å². The molecule has 1 aromatic heterocycles. The SMILES string of the molecule is CN(C)C[C@H]1C[C@@H]2c3ccccc3Sc3sccc3[C@H]2O1. The molecule has 21 heavy (non-hydrogen) atoms. The van der Waals surface area contributed by atoms with Crippen molar-refractivity contribution in [2.24, 2.45) is 0 Å². The first-order chi connectivity index (χ1) is 10.2. The van der Waals surface area contributed by atoms with Crippen LogP contribution in [0.25, 0.3) is 0 Å². The number of thiophene rings is 1. The van der Waals surface area contributed by atoms with Crippen LogP contribution in [0.1, 0.15) is 29.6 Å². The standard InChI is InChI=1S/C17H19NOS2/c1-18(2)10-11-9-14-12-5-3-4-6-15(12)21-17-13(7-8-20-17)16(14)19-11/h3-8,11,14,16H,9-10H2,1-2H3/t11-,14-,16-/m1/s1. The van der Waals surface area contributed by atoms with Crippen molar-refractivity contribution in [1.82, 2.24) is 4.90 Å². The molecule has 0 N–H and O–H groups in total. The quantitative estimate of drug-likeness (QED) is 0.815. The molecule has 110 valence electrons. The zero-order valence-electron chi connectivity index (χ0n) is 12.3. The molecule has 0 spiro atoms. The first-order valence-corrected chi connectivity index (χ1v) is 9.06. The molecule has 1 fully saturated rings. The Morgan fingerprint density at radius 3 is 2.90 bits per heavy atom. The third kappa shape index (κ3) is 2.44. The summed E-state index contributed by atoms with van der Waals surface area (Å²) in [5, 5.41) is 2.20. The van der Waals surface area contributed by atoms with Crippen molar-refractivity contribution < 1.29 is 4.74 Å². The highest BCUT2D eigenvalue weighted by molar-refractivity contribution is 8.01. The Hall–Kier alpha value is -0.810. The molecule has 1 aromatic carbocycles. The van der Waals surface area contributed by atoms with Gasteiger partial charge in [-0.2, -0.15) is 0 Å². The van der Waals surface area contributed by atoms with Crippen LogP contribution in [-0.4, -0.2) is 31.6 Å². The van der Waals surface area contributed by atoms with E-state index >= 15 is 0 Å². The molecule has 2 aliphatic heterocycles. The van der Waals surface area contributed by atoms with Crippen molar-refractivity contribution in [2.45, 2.75) is 33.7 Å². The Morgan fingerprint density at radius 1 is 1.19 bits per heavy atom. The Balaban J connectivity index is 1.76. The minimum atomic E-state index is 0.229. The van der Waals surface area contributed by atoms with Crippen molar-refractivity contribution in [2.75, 3.05) is 20.6 Å². The molecule has 0 amide bonds. The molecule has 3 atom stereocenters. The van der Waals surface area contributed by atoms with Crippen molar-refractivity contribution in [3.8, 4) is 0 Å². The van der Waals surface area contributed by atoms with Crippen LogP contribution in [0, 0.1) is 0 Å². The number of likely N-dealkylation sites (N-methyl/N-ethyl adjacent to an activating group) is 1. The predicted octanol–water partition coefficient (Wildman–Crippen LogP) is 4.39. The normalized spacial score (nSPS) is 27.1. The molecule has 0 saturated carbocycles. The van der Waals surface area contributed by atoms with E-state index in [-0.39, 0.29) is 6.10 Å². The van der Waals surface area contributed by atoms with Gasteiger partial charge in [0.25, 0.3) is 0 Å². The lowest BCUT2D eigenvalue weighted by atomic mass is 9.88. The summed E-state index contributed by atoms with van der Waals surface area (Å²) in [5.41, 5.74) is 2.87. The van der Waals surface area contributed by atoms with E-state index in [4.69, 9.17) is 4.74 Å². The molecule has 0 unspecified atom stereocenters. The third-order valence-electron chi connectivity index (χ3n) is 4.28. The van der Waals surface area contributed by atoms with Crippen LogP contribution < -0.4 is 0 Å². The highest BCUT2D eigenvalue weighted by atomic mass is 32.2. The molecule has 1 saturated heterocycles. The molecular formula is C17H19NOS2. The molecule has 0 aliphatic carbocycles. The van der Waals surface area contributed by atoms with Gasteiger partial charge < -0.3 is 9.64 Å². The number of nitrogens with zero attached hydrogens (tertiary/aromatic N) is 1. The average Bonchev–Trinajstić information content (AvgIpc) is 3.03. The summed E-state index contributed by atoms with van der Waals surface area (Å²) >= 11 is 3.75. The minimum absolute atomic E-state index is 0.229. The first kappa shape index (κ1) is 13.8. The highest BCUT2D eigenvalue weighted by Gasteiger charge is 2.41. The second-order valence-corrected chi connectivity index (χ2v) is 8.31. The van der Waals surface area contributed by atoms with Gasteiger partial charge >= 0.3 is 0 Å². The van der Waals surface area contributed by atoms with Crippen LogP contribution in [-0.2, 0) is 4.74 Å². The number of rotatable bonds is 2. The fourth-order valence-corrected chi connectivity index (χ4v) is 5.72. The number of benzene rings is 1. The summed E-state index contributed by atoms with van der Waals surface area (Å²) in [7, 11) is 4.24. The van der Waals surface area contributed by atoms with E-state index in [0.717, 1.165) is 13.0 Å². The van der Waals surface area contributed by atoms with E-state index in [0.29, 0.717) is 12.0 Å². The van der Waals surface area contributed by atoms with E-state index in [1.807, 2.05) is 23.1 Å². The molecule has 2 aliphatic rings. The zero-order valence-corrected chi connectivity index (χ0v) is 13.9. The Labute approximate surface area is 134 Å². The van der Waals surface area contributed by atoms with Crippen LogP contribution in [0.3, 0.4) is 0 Å². The van der Waals surface area contributed by atoms with Crippen LogP contribution in [0.5, 0.6) is 0 Å². The number of fused-ring (bicyclic) bond motifs is 5. The van der Waals surface area contributed by atoms with Gasteiger partial charge in [-0.1, -0.05) is 30.0 Å². The number of ether oxygens (including phenoxy) is 1. The monoisotopic (exact) mass is 317 g/mol. The Kier molecular flexibility index (Phi) is 3.58. The second kappa shape index (κ2) is 5.43. The van der Waals surface area contributed by atoms with E-state index < -0.39 is 0 Å². The molecule has 0 radical (unpaired) electrons. The van der Waals surface area contributed by atoms with E-state index in [1.54, 1.807) is 0 Å². The summed E-state index contributed by atoms with van der Waals surface area (Å²) in [6.07, 6.45) is 1.68. The Bertz CT molecular complexity index is 652. The van der Waals surface area contributed by atoms with Gasteiger partial charge in [0.15, 0.2) is 0 Å². The fraction of sp³-hybridized carbons (Fsp3) is 0.412. The van der Waals surface area contributed by atoms with Crippen LogP contribution in [0.4, 0.5) is 0 Å². The van der Waals surface area contributed by atoms with Crippen LogP contribution in [0.15, 0.2) is 44.8 Å². The first-order valence-electron chi connectivity index (χ1n) is 7.36. The van der Waals surface area contributed by atoms with Gasteiger partial charge in [-0.25, -0.2) is 0 Å². The van der Waals surface area contributed by atoms with Gasteiger partial charge in [0.05, 0.1) is 16.4 Å². The minimum Gasteiger partial charge on any atom is -0.368 e. The van der Waals surface area contributed by atoms with E-state index in [9.17, 15) is 0 Å². The van der Waals surface area contributed by atoms with E-state index in [1.165, 1.54) is 20.2 Å². The second-order valence-electron chi connectivity index (χ2n) is 6.09. The highest BCUT2D eigenvalue weighted by Crippen LogP contribution is 2.54. The maximum atomic E-state index is 6.45. The molecule has 4 rings (SSSR count). The lowest BCUT2D eigenvalue weighted by molar-refractivity contribution is 0.0264. The van der Waals surface area contributed by atoms with Gasteiger partial charge in [-0.3, -0.25) is 0 Å². The average molecular weight is 317 g/mol. The lowest BCUT2D eigenvalue weighted by Crippen LogP contribution is -2.25. The maximum Gasteiger partial charge on any atom is 0.0918 e. The number of hydrogen-bond acceptors (Lipinski definition) is 4. The van der Waals surface area contributed by atoms with Crippen LogP contribution >= 0.6 is 23.1 Å². The van der Waals surface area contributed by atoms with Gasteiger partial charge in [0.2, 0.25) is 0 Å². The maximum absolute atomic E-state index is 6.45. The smallest absolute Gasteiger partial charge is 0.0918 e. The predicted molar refractivity (Wildman–Crippen MR) is 88.4 cm³/mol. The summed E-state index contributed by atoms with van der Waals surface area (Å²) in [6.45, 7) is 1.00.